The molecule has 4 unspecified atom stereocenters. The maximum atomic E-state index is 12.1. The lowest BCUT2D eigenvalue weighted by atomic mass is 9.96. The molecule has 0 spiro atoms. The number of rotatable bonds is 3. The van der Waals surface area contributed by atoms with E-state index in [9.17, 15) is 9.59 Å². The molecule has 0 aromatic rings. The minimum atomic E-state index is -0.974. The molecule has 0 aromatic carbocycles. The van der Waals surface area contributed by atoms with Crippen molar-refractivity contribution in [3.05, 3.63) is 0 Å². The Morgan fingerprint density at radius 1 is 1.05 bits per heavy atom. The van der Waals surface area contributed by atoms with Gasteiger partial charge >= 0.3 is 5.97 Å². The largest absolute Gasteiger partial charge is 0.479 e. The summed E-state index contributed by atoms with van der Waals surface area (Å²) in [5.74, 6) is -0.622. The Labute approximate surface area is 113 Å². The van der Waals surface area contributed by atoms with Crippen molar-refractivity contribution in [1.82, 2.24) is 5.32 Å². The van der Waals surface area contributed by atoms with Gasteiger partial charge in [0.05, 0.1) is 0 Å². The number of carbonyl (C=O) groups is 2. The first-order valence-corrected chi connectivity index (χ1v) is 7.26. The smallest absolute Gasteiger partial charge is 0.332 e. The molecule has 1 aliphatic carbocycles. The summed E-state index contributed by atoms with van der Waals surface area (Å²) in [5.41, 5.74) is 0. The summed E-state index contributed by atoms with van der Waals surface area (Å²) in [6, 6.07) is 0.211. The summed E-state index contributed by atoms with van der Waals surface area (Å²) in [6.07, 6.45) is 5.30. The molecular weight excluding hydrogens is 246 g/mol. The highest BCUT2D eigenvalue weighted by Gasteiger charge is 2.35. The van der Waals surface area contributed by atoms with Crippen LogP contribution in [0.15, 0.2) is 0 Å². The summed E-state index contributed by atoms with van der Waals surface area (Å²) < 4.78 is 5.28. The van der Waals surface area contributed by atoms with Crippen LogP contribution in [0.5, 0.6) is 0 Å². The number of aliphatic carboxylic acids is 1. The Balaban J connectivity index is 1.85. The fraction of sp³-hybridized carbons (Fsp3) is 0.857. The topological polar surface area (TPSA) is 75.6 Å². The van der Waals surface area contributed by atoms with Crippen LogP contribution in [-0.2, 0) is 14.3 Å². The first-order chi connectivity index (χ1) is 9.08. The van der Waals surface area contributed by atoms with E-state index in [1.165, 1.54) is 12.8 Å². The van der Waals surface area contributed by atoms with Gasteiger partial charge in [-0.25, -0.2) is 4.79 Å². The maximum absolute atomic E-state index is 12.1. The highest BCUT2D eigenvalue weighted by Crippen LogP contribution is 2.24. The van der Waals surface area contributed by atoms with Gasteiger partial charge < -0.3 is 15.2 Å². The van der Waals surface area contributed by atoms with Crippen molar-refractivity contribution >= 4 is 11.9 Å². The maximum Gasteiger partial charge on any atom is 0.332 e. The fourth-order valence-corrected chi connectivity index (χ4v) is 2.99. The number of nitrogens with one attached hydrogen (secondary N) is 1. The zero-order valence-corrected chi connectivity index (χ0v) is 11.4. The molecule has 2 aliphatic rings. The third-order valence-electron chi connectivity index (χ3n) is 4.28. The Bertz CT molecular complexity index is 344. The van der Waals surface area contributed by atoms with Gasteiger partial charge in [-0.2, -0.15) is 0 Å². The molecule has 2 fully saturated rings. The van der Waals surface area contributed by atoms with E-state index in [4.69, 9.17) is 9.84 Å². The minimum absolute atomic E-state index is 0.137. The molecule has 1 heterocycles. The molecular formula is C14H23NO4. The van der Waals surface area contributed by atoms with Crippen molar-refractivity contribution in [3.63, 3.8) is 0 Å². The second-order valence-corrected chi connectivity index (χ2v) is 5.76. The van der Waals surface area contributed by atoms with E-state index in [2.05, 4.69) is 12.2 Å². The summed E-state index contributed by atoms with van der Waals surface area (Å²) in [6.45, 7) is 2.17. The number of carbonyl (C=O) groups excluding carboxylic acids is 1. The highest BCUT2D eigenvalue weighted by atomic mass is 16.5. The summed E-state index contributed by atoms with van der Waals surface area (Å²) in [5, 5.41) is 11.9. The third-order valence-corrected chi connectivity index (χ3v) is 4.28. The van der Waals surface area contributed by atoms with Gasteiger partial charge in [0.25, 0.3) is 0 Å². The number of carboxylic acids is 1. The van der Waals surface area contributed by atoms with Crippen molar-refractivity contribution in [2.24, 2.45) is 5.92 Å². The van der Waals surface area contributed by atoms with E-state index in [0.717, 1.165) is 19.3 Å². The lowest BCUT2D eigenvalue weighted by molar-refractivity contribution is -0.152. The van der Waals surface area contributed by atoms with Crippen LogP contribution in [0.25, 0.3) is 0 Å². The van der Waals surface area contributed by atoms with Crippen molar-refractivity contribution in [2.75, 3.05) is 0 Å². The Morgan fingerprint density at radius 3 is 2.42 bits per heavy atom. The molecule has 1 saturated carbocycles. The molecule has 19 heavy (non-hydrogen) atoms. The highest BCUT2D eigenvalue weighted by molar-refractivity contribution is 5.82. The van der Waals surface area contributed by atoms with Crippen LogP contribution in [0.2, 0.25) is 0 Å². The number of amides is 1. The zero-order chi connectivity index (χ0) is 13.8. The quantitative estimate of drug-likeness (QED) is 0.765. The average molecular weight is 269 g/mol. The van der Waals surface area contributed by atoms with Gasteiger partial charge in [0.2, 0.25) is 5.91 Å². The lowest BCUT2D eigenvalue weighted by Gasteiger charge is -2.24. The molecule has 0 bridgehead atoms. The number of hydrogen-bond acceptors (Lipinski definition) is 3. The number of hydrogen-bond donors (Lipinski definition) is 2. The van der Waals surface area contributed by atoms with Crippen molar-refractivity contribution in [1.29, 1.82) is 0 Å². The second-order valence-electron chi connectivity index (χ2n) is 5.76. The molecule has 2 rings (SSSR count). The molecule has 0 radical (unpaired) electrons. The van der Waals surface area contributed by atoms with Crippen LogP contribution in [0, 0.1) is 5.92 Å². The summed E-state index contributed by atoms with van der Waals surface area (Å²) in [7, 11) is 0. The van der Waals surface area contributed by atoms with E-state index >= 15 is 0 Å². The van der Waals surface area contributed by atoms with Gasteiger partial charge in [-0.15, -0.1) is 0 Å². The minimum Gasteiger partial charge on any atom is -0.479 e. The third kappa shape index (κ3) is 3.69. The molecule has 0 aromatic heterocycles. The summed E-state index contributed by atoms with van der Waals surface area (Å²) >= 11 is 0. The molecule has 2 N–H and O–H groups in total. The zero-order valence-electron chi connectivity index (χ0n) is 11.4. The molecule has 108 valence electrons. The first kappa shape index (κ1) is 14.3. The van der Waals surface area contributed by atoms with E-state index in [1.54, 1.807) is 0 Å². The molecule has 5 nitrogen and oxygen atoms in total. The van der Waals surface area contributed by atoms with E-state index in [1.807, 2.05) is 0 Å². The molecule has 1 aliphatic heterocycles. The second kappa shape index (κ2) is 6.37. The summed E-state index contributed by atoms with van der Waals surface area (Å²) in [4.78, 5) is 22.9. The van der Waals surface area contributed by atoms with Crippen LogP contribution >= 0.6 is 0 Å². The Kier molecular flexibility index (Phi) is 4.80. The van der Waals surface area contributed by atoms with Crippen LogP contribution in [-0.4, -0.2) is 35.2 Å². The van der Waals surface area contributed by atoms with Crippen LogP contribution < -0.4 is 5.32 Å². The van der Waals surface area contributed by atoms with Gasteiger partial charge in [0, 0.05) is 6.04 Å². The Morgan fingerprint density at radius 2 is 1.74 bits per heavy atom. The average Bonchev–Trinajstić information content (AvgIpc) is 2.78. The normalized spacial score (nSPS) is 35.6. The van der Waals surface area contributed by atoms with Crippen LogP contribution in [0.4, 0.5) is 0 Å². The first-order valence-electron chi connectivity index (χ1n) is 7.26. The predicted molar refractivity (Wildman–Crippen MR) is 69.7 cm³/mol. The van der Waals surface area contributed by atoms with Gasteiger partial charge in [0.1, 0.15) is 6.10 Å². The van der Waals surface area contributed by atoms with Crippen molar-refractivity contribution < 1.29 is 19.4 Å². The monoisotopic (exact) mass is 269 g/mol. The molecule has 5 heteroatoms. The van der Waals surface area contributed by atoms with Crippen molar-refractivity contribution in [2.45, 2.75) is 70.1 Å². The SMILES string of the molecule is CC1CCCCCC1NC(=O)C1CCC(C(=O)O)O1. The Hall–Kier alpha value is -1.10. The van der Waals surface area contributed by atoms with Gasteiger partial charge in [-0.3, -0.25) is 4.79 Å². The molecule has 4 atom stereocenters. The van der Waals surface area contributed by atoms with Crippen LogP contribution in [0.1, 0.15) is 51.9 Å². The fourth-order valence-electron chi connectivity index (χ4n) is 2.99. The van der Waals surface area contributed by atoms with E-state index in [-0.39, 0.29) is 11.9 Å². The van der Waals surface area contributed by atoms with Gasteiger partial charge in [-0.05, 0) is 31.6 Å². The molecule has 1 saturated heterocycles. The van der Waals surface area contributed by atoms with E-state index in [0.29, 0.717) is 18.8 Å². The molecule has 1 amide bonds. The predicted octanol–water partition coefficient (Wildman–Crippen LogP) is 1.70. The van der Waals surface area contributed by atoms with Crippen molar-refractivity contribution in [3.8, 4) is 0 Å². The number of carboxylic acid groups (broad SMARTS) is 1. The van der Waals surface area contributed by atoms with Gasteiger partial charge in [0.15, 0.2) is 6.10 Å². The van der Waals surface area contributed by atoms with Crippen LogP contribution in [0.3, 0.4) is 0 Å². The number of ether oxygens (including phenoxy) is 1. The van der Waals surface area contributed by atoms with Gasteiger partial charge in [-0.1, -0.05) is 26.2 Å². The lowest BCUT2D eigenvalue weighted by Crippen LogP contribution is -2.44. The standard InChI is InChI=1S/C14H23NO4/c1-9-5-3-2-4-6-10(9)15-13(16)11-7-8-12(19-11)14(17)18/h9-12H,2-8H2,1H3,(H,15,16)(H,17,18). The van der Waals surface area contributed by atoms with E-state index < -0.39 is 18.2 Å².